The van der Waals surface area contributed by atoms with Gasteiger partial charge in [-0.2, -0.15) is 0 Å². The standard InChI is InChI=1S/C18H36OSi/c1-18(2,3)20(4,5)19-17-15-13-11-9-7-6-8-10-12-14-16-17/h7,9,17H,6,8,10-16H2,1-5H3/b9-7-. The highest BCUT2D eigenvalue weighted by Gasteiger charge is 2.38. The molecule has 0 saturated carbocycles. The highest BCUT2D eigenvalue weighted by Crippen LogP contribution is 2.38. The summed E-state index contributed by atoms with van der Waals surface area (Å²) in [5.74, 6) is 0. The Balaban J connectivity index is 2.55. The predicted octanol–water partition coefficient (Wildman–Crippen LogP) is 6.46. The molecular weight excluding hydrogens is 260 g/mol. The van der Waals surface area contributed by atoms with Gasteiger partial charge in [-0.15, -0.1) is 0 Å². The van der Waals surface area contributed by atoms with Gasteiger partial charge in [-0.05, 0) is 56.7 Å². The molecule has 1 nitrogen and oxygen atoms in total. The van der Waals surface area contributed by atoms with Crippen molar-refractivity contribution in [3.8, 4) is 0 Å². The topological polar surface area (TPSA) is 9.23 Å². The van der Waals surface area contributed by atoms with Crippen molar-refractivity contribution in [1.82, 2.24) is 0 Å². The fourth-order valence-electron chi connectivity index (χ4n) is 2.54. The molecule has 0 radical (unpaired) electrons. The molecule has 0 aromatic rings. The summed E-state index contributed by atoms with van der Waals surface area (Å²) in [5, 5.41) is 0.330. The molecule has 0 aromatic carbocycles. The van der Waals surface area contributed by atoms with E-state index in [0.717, 1.165) is 0 Å². The molecule has 1 unspecified atom stereocenters. The average Bonchev–Trinajstić information content (AvgIpc) is 2.31. The Bertz CT molecular complexity index is 288. The molecule has 20 heavy (non-hydrogen) atoms. The van der Waals surface area contributed by atoms with Crippen LogP contribution in [0.3, 0.4) is 0 Å². The third-order valence-electron chi connectivity index (χ3n) is 4.98. The average molecular weight is 297 g/mol. The Labute approximate surface area is 128 Å². The van der Waals surface area contributed by atoms with Crippen LogP contribution >= 0.6 is 0 Å². The van der Waals surface area contributed by atoms with Crippen molar-refractivity contribution in [2.45, 2.75) is 103 Å². The summed E-state index contributed by atoms with van der Waals surface area (Å²) in [6.07, 6.45) is 17.1. The molecule has 118 valence electrons. The van der Waals surface area contributed by atoms with Gasteiger partial charge in [0.15, 0.2) is 8.32 Å². The van der Waals surface area contributed by atoms with Gasteiger partial charge in [-0.1, -0.05) is 52.2 Å². The number of hydrogen-bond acceptors (Lipinski definition) is 1. The van der Waals surface area contributed by atoms with E-state index in [1.54, 1.807) is 0 Å². The van der Waals surface area contributed by atoms with E-state index >= 15 is 0 Å². The van der Waals surface area contributed by atoms with Crippen molar-refractivity contribution in [3.63, 3.8) is 0 Å². The van der Waals surface area contributed by atoms with E-state index < -0.39 is 8.32 Å². The quantitative estimate of drug-likeness (QED) is 0.420. The highest BCUT2D eigenvalue weighted by molar-refractivity contribution is 6.74. The van der Waals surface area contributed by atoms with E-state index in [0.29, 0.717) is 11.1 Å². The largest absolute Gasteiger partial charge is 0.414 e. The molecule has 0 fully saturated rings. The molecule has 0 saturated heterocycles. The molecule has 0 spiro atoms. The van der Waals surface area contributed by atoms with Gasteiger partial charge in [0.05, 0.1) is 0 Å². The van der Waals surface area contributed by atoms with Gasteiger partial charge in [0.1, 0.15) is 0 Å². The Morgan fingerprint density at radius 1 is 0.850 bits per heavy atom. The Morgan fingerprint density at radius 3 is 2.05 bits per heavy atom. The Morgan fingerprint density at radius 2 is 1.40 bits per heavy atom. The summed E-state index contributed by atoms with van der Waals surface area (Å²) >= 11 is 0. The molecule has 0 heterocycles. The molecule has 0 N–H and O–H groups in total. The van der Waals surface area contributed by atoms with Crippen LogP contribution in [0.5, 0.6) is 0 Å². The van der Waals surface area contributed by atoms with Gasteiger partial charge in [0.2, 0.25) is 0 Å². The van der Waals surface area contributed by atoms with Gasteiger partial charge in [0, 0.05) is 6.10 Å². The summed E-state index contributed by atoms with van der Waals surface area (Å²) in [5.41, 5.74) is 0. The van der Waals surface area contributed by atoms with Gasteiger partial charge >= 0.3 is 0 Å². The molecule has 0 amide bonds. The monoisotopic (exact) mass is 296 g/mol. The number of allylic oxidation sites excluding steroid dienone is 2. The second kappa shape index (κ2) is 8.38. The zero-order chi connectivity index (χ0) is 15.1. The first-order valence-corrected chi connectivity index (χ1v) is 11.6. The van der Waals surface area contributed by atoms with E-state index in [4.69, 9.17) is 4.43 Å². The lowest BCUT2D eigenvalue weighted by Crippen LogP contribution is -2.44. The smallest absolute Gasteiger partial charge is 0.192 e. The lowest BCUT2D eigenvalue weighted by molar-refractivity contribution is 0.155. The lowest BCUT2D eigenvalue weighted by atomic mass is 10.0. The molecule has 1 aliphatic carbocycles. The predicted molar refractivity (Wildman–Crippen MR) is 92.8 cm³/mol. The Kier molecular flexibility index (Phi) is 7.53. The first-order chi connectivity index (χ1) is 9.33. The third kappa shape index (κ3) is 6.58. The normalized spacial score (nSPS) is 25.6. The van der Waals surface area contributed by atoms with Crippen molar-refractivity contribution in [2.24, 2.45) is 0 Å². The molecule has 1 aliphatic rings. The van der Waals surface area contributed by atoms with E-state index in [2.05, 4.69) is 46.0 Å². The fraction of sp³-hybridized carbons (Fsp3) is 0.889. The molecular formula is C18H36OSi. The molecule has 0 bridgehead atoms. The minimum atomic E-state index is -1.60. The van der Waals surface area contributed by atoms with Crippen molar-refractivity contribution < 1.29 is 4.43 Å². The van der Waals surface area contributed by atoms with E-state index in [1.165, 1.54) is 57.8 Å². The zero-order valence-corrected chi connectivity index (χ0v) is 15.5. The zero-order valence-electron chi connectivity index (χ0n) is 14.5. The maximum absolute atomic E-state index is 6.66. The van der Waals surface area contributed by atoms with Crippen LogP contribution in [0.2, 0.25) is 18.1 Å². The maximum Gasteiger partial charge on any atom is 0.192 e. The second-order valence-corrected chi connectivity index (χ2v) is 12.7. The van der Waals surface area contributed by atoms with Crippen LogP contribution in [-0.4, -0.2) is 14.4 Å². The van der Waals surface area contributed by atoms with Crippen LogP contribution in [0.15, 0.2) is 12.2 Å². The van der Waals surface area contributed by atoms with E-state index in [-0.39, 0.29) is 0 Å². The first-order valence-electron chi connectivity index (χ1n) is 8.66. The fourth-order valence-corrected chi connectivity index (χ4v) is 3.97. The van der Waals surface area contributed by atoms with Gasteiger partial charge in [-0.25, -0.2) is 0 Å². The van der Waals surface area contributed by atoms with Crippen molar-refractivity contribution in [2.75, 3.05) is 0 Å². The Hall–Kier alpha value is -0.0831. The van der Waals surface area contributed by atoms with Crippen LogP contribution in [0.1, 0.15) is 78.6 Å². The number of hydrogen-bond donors (Lipinski definition) is 0. The van der Waals surface area contributed by atoms with Crippen LogP contribution in [-0.2, 0) is 4.43 Å². The third-order valence-corrected chi connectivity index (χ3v) is 9.51. The van der Waals surface area contributed by atoms with Gasteiger partial charge in [0.25, 0.3) is 0 Å². The molecule has 0 aromatic heterocycles. The lowest BCUT2D eigenvalue weighted by Gasteiger charge is -2.39. The summed E-state index contributed by atoms with van der Waals surface area (Å²) < 4.78 is 6.66. The first kappa shape index (κ1) is 18.0. The molecule has 1 rings (SSSR count). The highest BCUT2D eigenvalue weighted by atomic mass is 28.4. The van der Waals surface area contributed by atoms with E-state index in [9.17, 15) is 0 Å². The minimum Gasteiger partial charge on any atom is -0.414 e. The SMILES string of the molecule is CC(C)(C)[Si](C)(C)OC1CCC/C=C\CCCCCC1. The van der Waals surface area contributed by atoms with Crippen LogP contribution in [0, 0.1) is 0 Å². The van der Waals surface area contributed by atoms with Crippen molar-refractivity contribution >= 4 is 8.32 Å². The minimum absolute atomic E-state index is 0.330. The summed E-state index contributed by atoms with van der Waals surface area (Å²) in [4.78, 5) is 0. The van der Waals surface area contributed by atoms with Crippen LogP contribution in [0.25, 0.3) is 0 Å². The van der Waals surface area contributed by atoms with Gasteiger partial charge in [-0.3, -0.25) is 0 Å². The van der Waals surface area contributed by atoms with Crippen LogP contribution in [0.4, 0.5) is 0 Å². The molecule has 2 heteroatoms. The van der Waals surface area contributed by atoms with Crippen LogP contribution < -0.4 is 0 Å². The van der Waals surface area contributed by atoms with Crippen molar-refractivity contribution in [1.29, 1.82) is 0 Å². The summed E-state index contributed by atoms with van der Waals surface area (Å²) in [6, 6.07) is 0. The van der Waals surface area contributed by atoms with Gasteiger partial charge < -0.3 is 4.43 Å². The maximum atomic E-state index is 6.66. The van der Waals surface area contributed by atoms with E-state index in [1.807, 2.05) is 0 Å². The molecule has 0 aliphatic heterocycles. The summed E-state index contributed by atoms with van der Waals surface area (Å²) in [7, 11) is -1.60. The molecule has 1 atom stereocenters. The summed E-state index contributed by atoms with van der Waals surface area (Å²) in [6.45, 7) is 11.8. The second-order valence-electron chi connectivity index (χ2n) is 7.89. The van der Waals surface area contributed by atoms with Crippen molar-refractivity contribution in [3.05, 3.63) is 12.2 Å². The number of rotatable bonds is 2.